The maximum Gasteiger partial charge on any atom is 0.0766 e. The molecule has 98 valence electrons. The number of aromatic nitrogens is 2. The maximum atomic E-state index is 4.55. The van der Waals surface area contributed by atoms with Crippen molar-refractivity contribution in [1.82, 2.24) is 15.1 Å². The van der Waals surface area contributed by atoms with Crippen LogP contribution in [0.2, 0.25) is 0 Å². The number of nitrogens with zero attached hydrogens (tertiary/aromatic N) is 2. The summed E-state index contributed by atoms with van der Waals surface area (Å²) >= 11 is 3.69. The van der Waals surface area contributed by atoms with Crippen molar-refractivity contribution in [3.05, 3.63) is 15.9 Å². The third kappa shape index (κ3) is 3.32. The Morgan fingerprint density at radius 3 is 2.47 bits per heavy atom. The molecule has 3 nitrogen and oxygen atoms in total. The Balaban J connectivity index is 2.89. The van der Waals surface area contributed by atoms with E-state index in [1.165, 1.54) is 16.6 Å². The minimum absolute atomic E-state index is 0.534. The van der Waals surface area contributed by atoms with E-state index in [4.69, 9.17) is 0 Å². The van der Waals surface area contributed by atoms with Gasteiger partial charge in [0.2, 0.25) is 0 Å². The van der Waals surface area contributed by atoms with E-state index in [1.807, 2.05) is 18.8 Å². The van der Waals surface area contributed by atoms with E-state index in [1.54, 1.807) is 0 Å². The van der Waals surface area contributed by atoms with Crippen molar-refractivity contribution in [2.24, 2.45) is 13.0 Å². The van der Waals surface area contributed by atoms with Gasteiger partial charge in [0, 0.05) is 13.1 Å². The molecule has 0 aliphatic heterocycles. The normalized spacial score (nSPS) is 14.9. The van der Waals surface area contributed by atoms with Gasteiger partial charge in [0.25, 0.3) is 0 Å². The second kappa shape index (κ2) is 6.55. The van der Waals surface area contributed by atoms with Crippen molar-refractivity contribution in [1.29, 1.82) is 0 Å². The second-order valence-corrected chi connectivity index (χ2v) is 5.43. The average Bonchev–Trinajstić information content (AvgIpc) is 2.61. The Hall–Kier alpha value is -0.350. The van der Waals surface area contributed by atoms with E-state index in [2.05, 4.69) is 47.1 Å². The molecule has 0 bridgehead atoms. The van der Waals surface area contributed by atoms with Gasteiger partial charge in [0.15, 0.2) is 0 Å². The van der Waals surface area contributed by atoms with E-state index in [0.29, 0.717) is 12.0 Å². The van der Waals surface area contributed by atoms with Crippen LogP contribution >= 0.6 is 15.9 Å². The molecule has 0 amide bonds. The molecule has 4 heteroatoms. The van der Waals surface area contributed by atoms with E-state index < -0.39 is 0 Å². The largest absolute Gasteiger partial charge is 0.317 e. The number of hydrogen-bond acceptors (Lipinski definition) is 2. The Kier molecular flexibility index (Phi) is 5.67. The predicted octanol–water partition coefficient (Wildman–Crippen LogP) is 2.92. The van der Waals surface area contributed by atoms with E-state index in [9.17, 15) is 0 Å². The molecule has 0 aromatic carbocycles. The molecule has 0 aliphatic rings. The van der Waals surface area contributed by atoms with Crippen molar-refractivity contribution in [3.8, 4) is 0 Å². The molecule has 0 saturated carbocycles. The summed E-state index contributed by atoms with van der Waals surface area (Å²) in [6.45, 7) is 6.65. The summed E-state index contributed by atoms with van der Waals surface area (Å²) in [6.07, 6.45) is 3.23. The van der Waals surface area contributed by atoms with Crippen LogP contribution in [0.5, 0.6) is 0 Å². The first kappa shape index (κ1) is 14.7. The molecule has 1 N–H and O–H groups in total. The topological polar surface area (TPSA) is 29.9 Å². The summed E-state index contributed by atoms with van der Waals surface area (Å²) < 4.78 is 3.22. The van der Waals surface area contributed by atoms with Gasteiger partial charge < -0.3 is 5.32 Å². The van der Waals surface area contributed by atoms with Gasteiger partial charge in [-0.15, -0.1) is 0 Å². The van der Waals surface area contributed by atoms with Crippen LogP contribution in [0.25, 0.3) is 0 Å². The van der Waals surface area contributed by atoms with Crippen LogP contribution in [-0.4, -0.2) is 22.9 Å². The SMILES string of the molecule is CCc1nn(C)c(CC(CC)C(C)NC)c1Br. The standard InChI is InChI=1S/C13H24BrN3/c1-6-10(9(3)15-4)8-12-13(14)11(7-2)16-17(12)5/h9-10,15H,6-8H2,1-5H3. The maximum absolute atomic E-state index is 4.55. The van der Waals surface area contributed by atoms with E-state index in [0.717, 1.165) is 18.5 Å². The van der Waals surface area contributed by atoms with Gasteiger partial charge >= 0.3 is 0 Å². The Morgan fingerprint density at radius 2 is 2.06 bits per heavy atom. The molecule has 1 heterocycles. The fourth-order valence-electron chi connectivity index (χ4n) is 2.20. The van der Waals surface area contributed by atoms with Crippen LogP contribution in [0.3, 0.4) is 0 Å². The van der Waals surface area contributed by atoms with E-state index >= 15 is 0 Å². The highest BCUT2D eigenvalue weighted by molar-refractivity contribution is 9.10. The van der Waals surface area contributed by atoms with Gasteiger partial charge in [-0.25, -0.2) is 0 Å². The summed E-state index contributed by atoms with van der Waals surface area (Å²) in [5.41, 5.74) is 2.48. The molecule has 1 aromatic rings. The third-order valence-corrected chi connectivity index (χ3v) is 4.56. The highest BCUT2D eigenvalue weighted by Gasteiger charge is 2.20. The first-order valence-corrected chi connectivity index (χ1v) is 7.21. The summed E-state index contributed by atoms with van der Waals surface area (Å²) in [7, 11) is 4.07. The molecule has 2 unspecified atom stereocenters. The van der Waals surface area contributed by atoms with Crippen molar-refractivity contribution < 1.29 is 0 Å². The number of hydrogen-bond donors (Lipinski definition) is 1. The minimum atomic E-state index is 0.534. The monoisotopic (exact) mass is 301 g/mol. The van der Waals surface area contributed by atoms with Gasteiger partial charge in [-0.2, -0.15) is 5.10 Å². The molecule has 0 radical (unpaired) electrons. The van der Waals surface area contributed by atoms with Crippen molar-refractivity contribution in [2.45, 2.75) is 46.1 Å². The number of halogens is 1. The smallest absolute Gasteiger partial charge is 0.0766 e. The third-order valence-electron chi connectivity index (χ3n) is 3.65. The molecule has 1 rings (SSSR count). The highest BCUT2D eigenvalue weighted by atomic mass is 79.9. The second-order valence-electron chi connectivity index (χ2n) is 4.63. The van der Waals surface area contributed by atoms with Gasteiger partial charge in [0.1, 0.15) is 0 Å². The van der Waals surface area contributed by atoms with Crippen LogP contribution < -0.4 is 5.32 Å². The summed E-state index contributed by atoms with van der Waals surface area (Å²) in [5, 5.41) is 7.90. The zero-order chi connectivity index (χ0) is 13.0. The highest BCUT2D eigenvalue weighted by Crippen LogP contribution is 2.26. The van der Waals surface area contributed by atoms with Gasteiger partial charge in [-0.3, -0.25) is 4.68 Å². The molecular weight excluding hydrogens is 278 g/mol. The fraction of sp³-hybridized carbons (Fsp3) is 0.769. The van der Waals surface area contributed by atoms with Crippen LogP contribution in [0.15, 0.2) is 4.47 Å². The lowest BCUT2D eigenvalue weighted by Crippen LogP contribution is -2.31. The van der Waals surface area contributed by atoms with E-state index in [-0.39, 0.29) is 0 Å². The Morgan fingerprint density at radius 1 is 1.41 bits per heavy atom. The summed E-state index contributed by atoms with van der Waals surface area (Å²) in [4.78, 5) is 0. The van der Waals surface area contributed by atoms with Crippen molar-refractivity contribution >= 4 is 15.9 Å². The first-order valence-electron chi connectivity index (χ1n) is 6.42. The lowest BCUT2D eigenvalue weighted by Gasteiger charge is -2.22. The lowest BCUT2D eigenvalue weighted by molar-refractivity contribution is 0.373. The predicted molar refractivity (Wildman–Crippen MR) is 76.3 cm³/mol. The van der Waals surface area contributed by atoms with Gasteiger partial charge in [-0.1, -0.05) is 20.3 Å². The van der Waals surface area contributed by atoms with Crippen molar-refractivity contribution in [2.75, 3.05) is 7.05 Å². The molecular formula is C13H24BrN3. The Bertz CT molecular complexity index is 360. The van der Waals surface area contributed by atoms with Gasteiger partial charge in [-0.05, 0) is 48.7 Å². The number of aryl methyl sites for hydroxylation is 2. The first-order chi connectivity index (χ1) is 8.04. The average molecular weight is 302 g/mol. The van der Waals surface area contributed by atoms with Gasteiger partial charge in [0.05, 0.1) is 15.9 Å². The molecule has 1 aromatic heterocycles. The molecule has 17 heavy (non-hydrogen) atoms. The van der Waals surface area contributed by atoms with Crippen LogP contribution in [0, 0.1) is 5.92 Å². The Labute approximate surface area is 113 Å². The molecule has 0 aliphatic carbocycles. The molecule has 2 atom stereocenters. The summed E-state index contributed by atoms with van der Waals surface area (Å²) in [5.74, 6) is 0.649. The molecule has 0 fully saturated rings. The number of rotatable bonds is 6. The minimum Gasteiger partial charge on any atom is -0.317 e. The molecule has 0 saturated heterocycles. The lowest BCUT2D eigenvalue weighted by atomic mass is 9.93. The zero-order valence-electron chi connectivity index (χ0n) is 11.5. The quantitative estimate of drug-likeness (QED) is 0.875. The summed E-state index contributed by atoms with van der Waals surface area (Å²) in [6, 6.07) is 0.534. The van der Waals surface area contributed by atoms with Crippen LogP contribution in [0.4, 0.5) is 0 Å². The zero-order valence-corrected chi connectivity index (χ0v) is 13.1. The molecule has 0 spiro atoms. The van der Waals surface area contributed by atoms with Crippen LogP contribution in [0.1, 0.15) is 38.6 Å². The van der Waals surface area contributed by atoms with Crippen molar-refractivity contribution in [3.63, 3.8) is 0 Å². The van der Waals surface area contributed by atoms with Crippen LogP contribution in [-0.2, 0) is 19.9 Å². The number of nitrogens with one attached hydrogen (secondary N) is 1. The fourth-order valence-corrected chi connectivity index (χ4v) is 2.98.